The molecule has 0 aliphatic heterocycles. The lowest BCUT2D eigenvalue weighted by Gasteiger charge is -2.12. The molecule has 96 valence electrons. The molecule has 0 aliphatic carbocycles. The predicted octanol–water partition coefficient (Wildman–Crippen LogP) is 2.51. The van der Waals surface area contributed by atoms with Crippen LogP contribution in [0.3, 0.4) is 0 Å². The fraction of sp³-hybridized carbons (Fsp3) is 0.357. The monoisotopic (exact) mass is 247 g/mol. The summed E-state index contributed by atoms with van der Waals surface area (Å²) in [5.41, 5.74) is 3.14. The number of rotatable bonds is 5. The van der Waals surface area contributed by atoms with Crippen molar-refractivity contribution in [2.24, 2.45) is 0 Å². The number of aromatic nitrogens is 1. The van der Waals surface area contributed by atoms with E-state index in [0.29, 0.717) is 13.0 Å². The van der Waals surface area contributed by atoms with Gasteiger partial charge in [0.2, 0.25) is 0 Å². The van der Waals surface area contributed by atoms with Gasteiger partial charge in [0.25, 0.3) is 0 Å². The lowest BCUT2D eigenvalue weighted by atomic mass is 10.1. The third-order valence-corrected chi connectivity index (χ3v) is 2.88. The molecule has 0 saturated heterocycles. The van der Waals surface area contributed by atoms with Crippen molar-refractivity contribution < 1.29 is 14.6 Å². The van der Waals surface area contributed by atoms with Crippen molar-refractivity contribution in [3.8, 4) is 0 Å². The zero-order valence-corrected chi connectivity index (χ0v) is 10.6. The van der Waals surface area contributed by atoms with Crippen LogP contribution in [0.5, 0.6) is 0 Å². The smallest absolute Gasteiger partial charge is 0.333 e. The topological polar surface area (TPSA) is 62.3 Å². The number of nitrogens with one attached hydrogen (secondary N) is 1. The molecule has 4 nitrogen and oxygen atoms in total. The van der Waals surface area contributed by atoms with Gasteiger partial charge < -0.3 is 14.8 Å². The number of benzene rings is 1. The maximum atomic E-state index is 11.0. The van der Waals surface area contributed by atoms with E-state index in [1.807, 2.05) is 25.1 Å². The summed E-state index contributed by atoms with van der Waals surface area (Å²) in [5, 5.41) is 10.2. The average Bonchev–Trinajstić information content (AvgIpc) is 2.67. The van der Waals surface area contributed by atoms with Crippen molar-refractivity contribution in [2.45, 2.75) is 26.4 Å². The van der Waals surface area contributed by atoms with Gasteiger partial charge in [0, 0.05) is 24.2 Å². The minimum Gasteiger partial charge on any atom is -0.479 e. The Morgan fingerprint density at radius 3 is 2.89 bits per heavy atom. The first-order valence-electron chi connectivity index (χ1n) is 6.03. The van der Waals surface area contributed by atoms with Gasteiger partial charge >= 0.3 is 5.97 Å². The van der Waals surface area contributed by atoms with E-state index in [-0.39, 0.29) is 0 Å². The Kier molecular flexibility index (Phi) is 3.67. The molecular weight excluding hydrogens is 230 g/mol. The predicted molar refractivity (Wildman–Crippen MR) is 69.8 cm³/mol. The van der Waals surface area contributed by atoms with Crippen LogP contribution >= 0.6 is 0 Å². The molecule has 4 heteroatoms. The van der Waals surface area contributed by atoms with Gasteiger partial charge in [-0.15, -0.1) is 0 Å². The number of carboxylic acids is 1. The molecule has 0 fully saturated rings. The van der Waals surface area contributed by atoms with Crippen LogP contribution in [0.15, 0.2) is 24.3 Å². The first kappa shape index (κ1) is 12.6. The van der Waals surface area contributed by atoms with E-state index in [1.165, 1.54) is 0 Å². The largest absolute Gasteiger partial charge is 0.479 e. The number of aryl methyl sites for hydroxylation is 1. The van der Waals surface area contributed by atoms with Crippen LogP contribution < -0.4 is 0 Å². The summed E-state index contributed by atoms with van der Waals surface area (Å²) in [5.74, 6) is -0.915. The van der Waals surface area contributed by atoms with Gasteiger partial charge in [-0.2, -0.15) is 0 Å². The SMILES string of the molecule is CCOC(Cc1ccc2[nH]c(C)cc2c1)C(=O)O. The Balaban J connectivity index is 2.22. The fourth-order valence-corrected chi connectivity index (χ4v) is 2.09. The number of ether oxygens (including phenoxy) is 1. The van der Waals surface area contributed by atoms with E-state index in [1.54, 1.807) is 6.92 Å². The van der Waals surface area contributed by atoms with Crippen LogP contribution in [-0.2, 0) is 16.0 Å². The second kappa shape index (κ2) is 5.23. The molecule has 2 N–H and O–H groups in total. The number of fused-ring (bicyclic) bond motifs is 1. The van der Waals surface area contributed by atoms with Gasteiger partial charge in [0.1, 0.15) is 0 Å². The third-order valence-electron chi connectivity index (χ3n) is 2.88. The molecule has 0 spiro atoms. The highest BCUT2D eigenvalue weighted by atomic mass is 16.5. The molecule has 0 bridgehead atoms. The van der Waals surface area contributed by atoms with Gasteiger partial charge in [-0.25, -0.2) is 4.79 Å². The number of hydrogen-bond acceptors (Lipinski definition) is 2. The molecule has 0 radical (unpaired) electrons. The summed E-state index contributed by atoms with van der Waals surface area (Å²) in [6, 6.07) is 7.97. The first-order valence-corrected chi connectivity index (χ1v) is 6.03. The maximum absolute atomic E-state index is 11.0. The first-order chi connectivity index (χ1) is 8.60. The Labute approximate surface area is 106 Å². The van der Waals surface area contributed by atoms with E-state index in [2.05, 4.69) is 11.1 Å². The molecule has 1 unspecified atom stereocenters. The number of hydrogen-bond donors (Lipinski definition) is 2. The fourth-order valence-electron chi connectivity index (χ4n) is 2.09. The van der Waals surface area contributed by atoms with Crippen molar-refractivity contribution in [3.63, 3.8) is 0 Å². The molecule has 2 rings (SSSR count). The van der Waals surface area contributed by atoms with Gasteiger partial charge in [-0.05, 0) is 43.0 Å². The van der Waals surface area contributed by atoms with Crippen molar-refractivity contribution in [1.29, 1.82) is 0 Å². The number of aromatic amines is 1. The summed E-state index contributed by atoms with van der Waals surface area (Å²) in [6.45, 7) is 4.21. The van der Waals surface area contributed by atoms with Gasteiger partial charge in [0.05, 0.1) is 0 Å². The van der Waals surface area contributed by atoms with Gasteiger partial charge in [-0.1, -0.05) is 6.07 Å². The van der Waals surface area contributed by atoms with Crippen LogP contribution in [0.25, 0.3) is 10.9 Å². The van der Waals surface area contributed by atoms with Crippen LogP contribution in [0.4, 0.5) is 0 Å². The van der Waals surface area contributed by atoms with Crippen LogP contribution in [0.2, 0.25) is 0 Å². The van der Waals surface area contributed by atoms with Crippen molar-refractivity contribution in [1.82, 2.24) is 4.98 Å². The van der Waals surface area contributed by atoms with E-state index in [4.69, 9.17) is 9.84 Å². The third kappa shape index (κ3) is 2.71. The molecule has 0 amide bonds. The van der Waals surface area contributed by atoms with E-state index >= 15 is 0 Å². The second-order valence-corrected chi connectivity index (χ2v) is 4.36. The molecule has 2 aromatic rings. The molecule has 0 saturated carbocycles. The lowest BCUT2D eigenvalue weighted by molar-refractivity contribution is -0.149. The normalized spacial score (nSPS) is 12.8. The Hall–Kier alpha value is -1.81. The Bertz CT molecular complexity index is 559. The van der Waals surface area contributed by atoms with Gasteiger partial charge in [0.15, 0.2) is 6.10 Å². The van der Waals surface area contributed by atoms with E-state index < -0.39 is 12.1 Å². The summed E-state index contributed by atoms with van der Waals surface area (Å²) < 4.78 is 5.22. The van der Waals surface area contributed by atoms with Crippen LogP contribution in [0.1, 0.15) is 18.2 Å². The summed E-state index contributed by atoms with van der Waals surface area (Å²) in [4.78, 5) is 14.3. The quantitative estimate of drug-likeness (QED) is 0.853. The molecule has 1 aromatic carbocycles. The summed E-state index contributed by atoms with van der Waals surface area (Å²) in [6.07, 6.45) is -0.379. The molecular formula is C14H17NO3. The van der Waals surface area contributed by atoms with Crippen LogP contribution in [0, 0.1) is 6.92 Å². The van der Waals surface area contributed by atoms with Crippen LogP contribution in [-0.4, -0.2) is 28.8 Å². The zero-order chi connectivity index (χ0) is 13.1. The maximum Gasteiger partial charge on any atom is 0.333 e. The molecule has 0 aliphatic rings. The molecule has 1 heterocycles. The zero-order valence-electron chi connectivity index (χ0n) is 10.6. The minimum absolute atomic E-state index is 0.392. The Morgan fingerprint density at radius 2 is 2.22 bits per heavy atom. The molecule has 1 atom stereocenters. The summed E-state index contributed by atoms with van der Waals surface area (Å²) >= 11 is 0. The second-order valence-electron chi connectivity index (χ2n) is 4.36. The van der Waals surface area contributed by atoms with Gasteiger partial charge in [-0.3, -0.25) is 0 Å². The minimum atomic E-state index is -0.915. The van der Waals surface area contributed by atoms with Crippen molar-refractivity contribution >= 4 is 16.9 Å². The number of carbonyl (C=O) groups is 1. The highest BCUT2D eigenvalue weighted by molar-refractivity contribution is 5.81. The van der Waals surface area contributed by atoms with E-state index in [9.17, 15) is 4.79 Å². The number of carboxylic acid groups (broad SMARTS) is 1. The molecule has 18 heavy (non-hydrogen) atoms. The highest BCUT2D eigenvalue weighted by Gasteiger charge is 2.18. The Morgan fingerprint density at radius 1 is 1.44 bits per heavy atom. The lowest BCUT2D eigenvalue weighted by Crippen LogP contribution is -2.26. The highest BCUT2D eigenvalue weighted by Crippen LogP contribution is 2.18. The van der Waals surface area contributed by atoms with Crippen molar-refractivity contribution in [2.75, 3.05) is 6.61 Å². The number of aliphatic carboxylic acids is 1. The molecule has 1 aromatic heterocycles. The van der Waals surface area contributed by atoms with E-state index in [0.717, 1.165) is 22.2 Å². The van der Waals surface area contributed by atoms with Crippen molar-refractivity contribution in [3.05, 3.63) is 35.5 Å². The standard InChI is InChI=1S/C14H17NO3/c1-3-18-13(14(16)17)8-10-4-5-12-11(7-10)6-9(2)15-12/h4-7,13,15H,3,8H2,1-2H3,(H,16,17). The number of H-pyrrole nitrogens is 1. The average molecular weight is 247 g/mol. The summed E-state index contributed by atoms with van der Waals surface area (Å²) in [7, 11) is 0.